The number of nitrogens with two attached hydrogens (primary N) is 1. The van der Waals surface area contributed by atoms with Crippen LogP contribution in [0.2, 0.25) is 0 Å². The van der Waals surface area contributed by atoms with Gasteiger partial charge in [-0.25, -0.2) is 9.78 Å². The van der Waals surface area contributed by atoms with Gasteiger partial charge in [0, 0.05) is 25.3 Å². The second-order valence-electron chi connectivity index (χ2n) is 7.08. The molecule has 0 spiro atoms. The van der Waals surface area contributed by atoms with Crippen LogP contribution in [0.1, 0.15) is 38.2 Å². The maximum atomic E-state index is 11.5. The van der Waals surface area contributed by atoms with Gasteiger partial charge in [0.1, 0.15) is 5.65 Å². The Labute approximate surface area is 141 Å². The Kier molecular flexibility index (Phi) is 3.81. The van der Waals surface area contributed by atoms with Gasteiger partial charge < -0.3 is 25.0 Å². The van der Waals surface area contributed by atoms with Crippen LogP contribution in [0.4, 0.5) is 10.5 Å². The number of carbonyl (C=O) groups is 1. The van der Waals surface area contributed by atoms with E-state index in [4.69, 9.17) is 10.5 Å². The van der Waals surface area contributed by atoms with Gasteiger partial charge in [0.05, 0.1) is 24.4 Å². The van der Waals surface area contributed by atoms with Gasteiger partial charge in [0.25, 0.3) is 0 Å². The van der Waals surface area contributed by atoms with Gasteiger partial charge in [-0.3, -0.25) is 0 Å². The number of rotatable bonds is 2. The third-order valence-electron chi connectivity index (χ3n) is 5.05. The van der Waals surface area contributed by atoms with E-state index < -0.39 is 11.6 Å². The minimum atomic E-state index is -0.861. The maximum absolute atomic E-state index is 11.5. The van der Waals surface area contributed by atoms with Crippen molar-refractivity contribution in [1.29, 1.82) is 0 Å². The highest BCUT2D eigenvalue weighted by molar-refractivity contribution is 5.92. The lowest BCUT2D eigenvalue weighted by Gasteiger charge is -2.44. The molecule has 1 aliphatic rings. The Morgan fingerprint density at radius 1 is 1.50 bits per heavy atom. The molecule has 3 heterocycles. The van der Waals surface area contributed by atoms with Crippen molar-refractivity contribution in [3.8, 4) is 5.75 Å². The van der Waals surface area contributed by atoms with Crippen LogP contribution in [0.3, 0.4) is 0 Å². The summed E-state index contributed by atoms with van der Waals surface area (Å²) in [5.74, 6) is 0.880. The Hall–Kier alpha value is -2.44. The molecule has 24 heavy (non-hydrogen) atoms. The molecule has 2 aromatic rings. The van der Waals surface area contributed by atoms with Crippen molar-refractivity contribution in [3.05, 3.63) is 18.0 Å². The van der Waals surface area contributed by atoms with Crippen molar-refractivity contribution in [1.82, 2.24) is 14.5 Å². The van der Waals surface area contributed by atoms with Gasteiger partial charge in [-0.15, -0.1) is 0 Å². The minimum Gasteiger partial charge on any atom is -0.494 e. The lowest BCUT2D eigenvalue weighted by molar-refractivity contribution is 0.0608. The van der Waals surface area contributed by atoms with Crippen LogP contribution in [0, 0.1) is 0 Å². The number of aryl methyl sites for hydroxylation is 1. The van der Waals surface area contributed by atoms with E-state index in [1.54, 1.807) is 13.3 Å². The summed E-state index contributed by atoms with van der Waals surface area (Å²) in [6.07, 6.45) is 4.34. The smallest absolute Gasteiger partial charge is 0.407 e. The largest absolute Gasteiger partial charge is 0.494 e. The average molecular weight is 332 g/mol. The molecule has 0 bridgehead atoms. The van der Waals surface area contributed by atoms with Crippen molar-refractivity contribution >= 4 is 22.8 Å². The predicted molar refractivity (Wildman–Crippen MR) is 92.5 cm³/mol. The summed E-state index contributed by atoms with van der Waals surface area (Å²) in [4.78, 5) is 17.4. The number of hydrogen-bond donors (Lipinski definition) is 2. The average Bonchev–Trinajstić information content (AvgIpc) is 2.83. The number of nitrogen functional groups attached to an aromatic ring is 1. The van der Waals surface area contributed by atoms with Crippen molar-refractivity contribution in [2.45, 2.75) is 38.1 Å². The van der Waals surface area contributed by atoms with E-state index in [1.807, 2.05) is 25.5 Å². The highest BCUT2D eigenvalue weighted by Crippen LogP contribution is 2.43. The molecule has 0 aromatic carbocycles. The molecule has 3 rings (SSSR count). The Morgan fingerprint density at radius 3 is 2.79 bits per heavy atom. The molecular formula is C17H24N4O3. The molecule has 7 heteroatoms. The number of ether oxygens (including phenoxy) is 1. The van der Waals surface area contributed by atoms with Crippen LogP contribution in [-0.2, 0) is 7.05 Å². The van der Waals surface area contributed by atoms with Gasteiger partial charge in [-0.2, -0.15) is 0 Å². The van der Waals surface area contributed by atoms with E-state index in [2.05, 4.69) is 11.2 Å². The normalized spacial score (nSPS) is 20.3. The first kappa shape index (κ1) is 16.4. The Bertz CT molecular complexity index is 797. The molecule has 0 aliphatic carbocycles. The highest BCUT2D eigenvalue weighted by Gasteiger charge is 2.39. The van der Waals surface area contributed by atoms with Crippen LogP contribution in [-0.4, -0.2) is 44.8 Å². The maximum Gasteiger partial charge on any atom is 0.407 e. The Morgan fingerprint density at radius 2 is 2.21 bits per heavy atom. The van der Waals surface area contributed by atoms with E-state index in [0.29, 0.717) is 18.0 Å². The number of hydrogen-bond acceptors (Lipinski definition) is 4. The number of carboxylic acid groups (broad SMARTS) is 1. The van der Waals surface area contributed by atoms with Crippen LogP contribution in [0.5, 0.6) is 5.75 Å². The summed E-state index contributed by atoms with van der Waals surface area (Å²) < 4.78 is 7.51. The monoisotopic (exact) mass is 332 g/mol. The second-order valence-corrected chi connectivity index (χ2v) is 7.08. The quantitative estimate of drug-likeness (QED) is 0.882. The van der Waals surface area contributed by atoms with Crippen LogP contribution >= 0.6 is 0 Å². The third-order valence-corrected chi connectivity index (χ3v) is 5.05. The number of pyridine rings is 1. The summed E-state index contributed by atoms with van der Waals surface area (Å²) >= 11 is 0. The van der Waals surface area contributed by atoms with E-state index in [9.17, 15) is 9.90 Å². The van der Waals surface area contributed by atoms with Crippen LogP contribution in [0.15, 0.2) is 12.4 Å². The van der Waals surface area contributed by atoms with Crippen molar-refractivity contribution < 1.29 is 14.6 Å². The zero-order valence-corrected chi connectivity index (χ0v) is 14.5. The van der Waals surface area contributed by atoms with E-state index >= 15 is 0 Å². The fraction of sp³-hybridized carbons (Fsp3) is 0.529. The number of nitrogens with zero attached hydrogens (tertiary/aromatic N) is 3. The molecule has 1 aliphatic heterocycles. The standard InChI is InChI=1S/C17H24N4O3/c1-17(2)7-10(5-6-21(17)16(22)23)11-9-20(3)15-13(11)14(24-4)12(18)8-19-15/h8-10H,5-7,18H2,1-4H3,(H,22,23)/t10-/m1/s1. The van der Waals surface area contributed by atoms with Crippen molar-refractivity contribution in [2.24, 2.45) is 7.05 Å². The Balaban J connectivity index is 2.08. The molecule has 7 nitrogen and oxygen atoms in total. The SMILES string of the molecule is COc1c(N)cnc2c1c([C@@H]1CCN(C(=O)O)C(C)(C)C1)cn2C. The second kappa shape index (κ2) is 5.58. The van der Waals surface area contributed by atoms with E-state index in [-0.39, 0.29) is 5.92 Å². The van der Waals surface area contributed by atoms with Gasteiger partial charge in [-0.1, -0.05) is 0 Å². The summed E-state index contributed by atoms with van der Waals surface area (Å²) in [6.45, 7) is 4.46. The molecular weight excluding hydrogens is 308 g/mol. The van der Waals surface area contributed by atoms with E-state index in [0.717, 1.165) is 29.4 Å². The van der Waals surface area contributed by atoms with Crippen LogP contribution < -0.4 is 10.5 Å². The molecule has 1 amide bonds. The number of amides is 1. The summed E-state index contributed by atoms with van der Waals surface area (Å²) in [6, 6.07) is 0. The first-order chi connectivity index (χ1) is 11.3. The lowest BCUT2D eigenvalue weighted by atomic mass is 9.79. The van der Waals surface area contributed by atoms with E-state index in [1.165, 1.54) is 4.90 Å². The molecule has 1 fully saturated rings. The molecule has 130 valence electrons. The molecule has 0 radical (unpaired) electrons. The van der Waals surface area contributed by atoms with Crippen molar-refractivity contribution in [2.75, 3.05) is 19.4 Å². The highest BCUT2D eigenvalue weighted by atomic mass is 16.5. The number of aromatic nitrogens is 2. The fourth-order valence-corrected chi connectivity index (χ4v) is 3.91. The summed E-state index contributed by atoms with van der Waals surface area (Å²) in [5, 5.41) is 10.3. The molecule has 3 N–H and O–H groups in total. The lowest BCUT2D eigenvalue weighted by Crippen LogP contribution is -2.51. The molecule has 0 unspecified atom stereocenters. The number of piperidine rings is 1. The molecule has 2 aromatic heterocycles. The van der Waals surface area contributed by atoms with Crippen molar-refractivity contribution in [3.63, 3.8) is 0 Å². The molecule has 0 saturated carbocycles. The predicted octanol–water partition coefficient (Wildman–Crippen LogP) is 2.80. The number of anilines is 1. The molecule has 1 atom stereocenters. The first-order valence-electron chi connectivity index (χ1n) is 8.04. The van der Waals surface area contributed by atoms with Crippen LogP contribution in [0.25, 0.3) is 11.0 Å². The topological polar surface area (TPSA) is 93.6 Å². The summed E-state index contributed by atoms with van der Waals surface area (Å²) in [5.41, 5.74) is 8.09. The van der Waals surface area contributed by atoms with Gasteiger partial charge in [0.2, 0.25) is 0 Å². The minimum absolute atomic E-state index is 0.233. The zero-order chi connectivity index (χ0) is 17.6. The molecule has 1 saturated heterocycles. The fourth-order valence-electron chi connectivity index (χ4n) is 3.91. The number of likely N-dealkylation sites (tertiary alicyclic amines) is 1. The van der Waals surface area contributed by atoms with Gasteiger partial charge >= 0.3 is 6.09 Å². The first-order valence-corrected chi connectivity index (χ1v) is 8.04. The summed E-state index contributed by atoms with van der Waals surface area (Å²) in [7, 11) is 3.56. The third kappa shape index (κ3) is 2.44. The van der Waals surface area contributed by atoms with Gasteiger partial charge in [-0.05, 0) is 38.2 Å². The number of fused-ring (bicyclic) bond motifs is 1. The van der Waals surface area contributed by atoms with Gasteiger partial charge in [0.15, 0.2) is 5.75 Å². The number of methoxy groups -OCH3 is 1. The zero-order valence-electron chi connectivity index (χ0n) is 14.5.